The first kappa shape index (κ1) is 14.8. The Morgan fingerprint density at radius 1 is 0.957 bits per heavy atom. The highest BCUT2D eigenvalue weighted by Crippen LogP contribution is 2.21. The number of carbonyl (C=O) groups is 1. The number of aromatic carboxylic acids is 1. The topological polar surface area (TPSA) is 115 Å². The van der Waals surface area contributed by atoms with Crippen LogP contribution in [0.15, 0.2) is 42.5 Å². The van der Waals surface area contributed by atoms with Gasteiger partial charge in [0, 0.05) is 5.39 Å². The highest BCUT2D eigenvalue weighted by molar-refractivity contribution is 5.89. The van der Waals surface area contributed by atoms with Crippen molar-refractivity contribution in [2.24, 2.45) is 0 Å². The molecule has 1 heterocycles. The Labute approximate surface area is 132 Å². The summed E-state index contributed by atoms with van der Waals surface area (Å²) in [5, 5.41) is 9.69. The summed E-state index contributed by atoms with van der Waals surface area (Å²) in [6, 6.07) is 12.7. The summed E-state index contributed by atoms with van der Waals surface area (Å²) in [5.41, 5.74) is 14.7. The Balaban J connectivity index is 1.78. The van der Waals surface area contributed by atoms with Gasteiger partial charge in [-0.15, -0.1) is 0 Å². The van der Waals surface area contributed by atoms with E-state index in [2.05, 4.69) is 9.97 Å². The van der Waals surface area contributed by atoms with Crippen LogP contribution in [0.2, 0.25) is 0 Å². The van der Waals surface area contributed by atoms with Gasteiger partial charge in [0.1, 0.15) is 5.82 Å². The first-order valence-electron chi connectivity index (χ1n) is 7.17. The third-order valence-electron chi connectivity index (χ3n) is 3.71. The van der Waals surface area contributed by atoms with Crippen LogP contribution >= 0.6 is 0 Å². The second-order valence-corrected chi connectivity index (χ2v) is 5.32. The van der Waals surface area contributed by atoms with Crippen molar-refractivity contribution in [3.8, 4) is 0 Å². The lowest BCUT2D eigenvalue weighted by molar-refractivity contribution is 0.0697. The molecule has 1 aromatic heterocycles. The maximum absolute atomic E-state index is 10.8. The third-order valence-corrected chi connectivity index (χ3v) is 3.71. The van der Waals surface area contributed by atoms with Gasteiger partial charge in [0.25, 0.3) is 0 Å². The van der Waals surface area contributed by atoms with Crippen LogP contribution in [-0.4, -0.2) is 21.0 Å². The van der Waals surface area contributed by atoms with Gasteiger partial charge in [-0.3, -0.25) is 0 Å². The van der Waals surface area contributed by atoms with Crippen LogP contribution in [0, 0.1) is 0 Å². The van der Waals surface area contributed by atoms with Crippen molar-refractivity contribution in [2.45, 2.75) is 12.8 Å². The minimum Gasteiger partial charge on any atom is -0.478 e. The van der Waals surface area contributed by atoms with E-state index in [1.807, 2.05) is 30.3 Å². The summed E-state index contributed by atoms with van der Waals surface area (Å²) >= 11 is 0. The van der Waals surface area contributed by atoms with Crippen LogP contribution in [0.4, 0.5) is 11.8 Å². The molecule has 116 valence electrons. The first-order valence-corrected chi connectivity index (χ1v) is 7.17. The fraction of sp³-hybridized carbons (Fsp3) is 0.118. The Morgan fingerprint density at radius 2 is 1.61 bits per heavy atom. The molecule has 2 aromatic carbocycles. The molecule has 0 saturated carbocycles. The molecule has 0 aliphatic rings. The van der Waals surface area contributed by atoms with E-state index < -0.39 is 5.97 Å². The summed E-state index contributed by atoms with van der Waals surface area (Å²) in [4.78, 5) is 19.0. The fourth-order valence-electron chi connectivity index (χ4n) is 2.48. The molecular formula is C17H16N4O2. The van der Waals surface area contributed by atoms with Crippen molar-refractivity contribution in [1.82, 2.24) is 9.97 Å². The summed E-state index contributed by atoms with van der Waals surface area (Å²) in [7, 11) is 0. The first-order chi connectivity index (χ1) is 11.0. The van der Waals surface area contributed by atoms with Crippen molar-refractivity contribution in [1.29, 1.82) is 0 Å². The second-order valence-electron chi connectivity index (χ2n) is 5.32. The van der Waals surface area contributed by atoms with E-state index in [1.54, 1.807) is 12.1 Å². The highest BCUT2D eigenvalue weighted by Gasteiger charge is 2.06. The van der Waals surface area contributed by atoms with Crippen molar-refractivity contribution in [3.05, 3.63) is 59.2 Å². The number of aryl methyl sites for hydroxylation is 2. The quantitative estimate of drug-likeness (QED) is 0.681. The molecule has 0 radical (unpaired) electrons. The van der Waals surface area contributed by atoms with E-state index >= 15 is 0 Å². The minimum absolute atomic E-state index is 0.168. The van der Waals surface area contributed by atoms with Gasteiger partial charge in [0.2, 0.25) is 5.95 Å². The molecular weight excluding hydrogens is 292 g/mol. The van der Waals surface area contributed by atoms with Gasteiger partial charge >= 0.3 is 5.97 Å². The number of aromatic nitrogens is 2. The van der Waals surface area contributed by atoms with Gasteiger partial charge < -0.3 is 16.6 Å². The third kappa shape index (κ3) is 3.21. The number of hydrogen-bond donors (Lipinski definition) is 3. The predicted molar refractivity (Wildman–Crippen MR) is 89.2 cm³/mol. The molecule has 0 spiro atoms. The SMILES string of the molecule is Nc1nc(N)c2cc(CCc3ccc(C(=O)O)cc3)ccc2n1. The summed E-state index contributed by atoms with van der Waals surface area (Å²) < 4.78 is 0. The molecule has 0 fully saturated rings. The molecule has 3 aromatic rings. The Hall–Kier alpha value is -3.15. The van der Waals surface area contributed by atoms with E-state index in [-0.39, 0.29) is 5.95 Å². The van der Waals surface area contributed by atoms with Crippen LogP contribution in [0.5, 0.6) is 0 Å². The number of carboxylic acid groups (broad SMARTS) is 1. The number of rotatable bonds is 4. The molecule has 6 nitrogen and oxygen atoms in total. The number of nitrogens with two attached hydrogens (primary N) is 2. The molecule has 0 unspecified atom stereocenters. The average molecular weight is 308 g/mol. The van der Waals surface area contributed by atoms with Crippen LogP contribution in [0.25, 0.3) is 10.9 Å². The molecule has 0 atom stereocenters. The van der Waals surface area contributed by atoms with Gasteiger partial charge in [-0.05, 0) is 48.2 Å². The van der Waals surface area contributed by atoms with E-state index in [1.165, 1.54) is 0 Å². The van der Waals surface area contributed by atoms with Gasteiger partial charge in [-0.1, -0.05) is 18.2 Å². The van der Waals surface area contributed by atoms with Gasteiger partial charge in [-0.2, -0.15) is 4.98 Å². The van der Waals surface area contributed by atoms with E-state index in [0.29, 0.717) is 11.4 Å². The van der Waals surface area contributed by atoms with E-state index in [9.17, 15) is 4.79 Å². The minimum atomic E-state index is -0.916. The van der Waals surface area contributed by atoms with E-state index in [0.717, 1.165) is 34.9 Å². The lowest BCUT2D eigenvalue weighted by Gasteiger charge is -2.06. The van der Waals surface area contributed by atoms with Gasteiger partial charge in [0.15, 0.2) is 0 Å². The van der Waals surface area contributed by atoms with Crippen LogP contribution in [0.1, 0.15) is 21.5 Å². The molecule has 6 heteroatoms. The fourth-order valence-corrected chi connectivity index (χ4v) is 2.48. The molecule has 0 bridgehead atoms. The zero-order valence-electron chi connectivity index (χ0n) is 12.4. The Kier molecular flexibility index (Phi) is 3.80. The monoisotopic (exact) mass is 308 g/mol. The van der Waals surface area contributed by atoms with Crippen LogP contribution in [-0.2, 0) is 12.8 Å². The molecule has 3 rings (SSSR count). The zero-order valence-corrected chi connectivity index (χ0v) is 12.4. The number of fused-ring (bicyclic) bond motifs is 1. The number of hydrogen-bond acceptors (Lipinski definition) is 5. The smallest absolute Gasteiger partial charge is 0.335 e. The molecule has 0 saturated heterocycles. The Morgan fingerprint density at radius 3 is 2.30 bits per heavy atom. The van der Waals surface area contributed by atoms with Gasteiger partial charge in [-0.25, -0.2) is 9.78 Å². The largest absolute Gasteiger partial charge is 0.478 e. The lowest BCUT2D eigenvalue weighted by Crippen LogP contribution is -2.01. The van der Waals surface area contributed by atoms with Crippen molar-refractivity contribution < 1.29 is 9.90 Å². The molecule has 23 heavy (non-hydrogen) atoms. The zero-order chi connectivity index (χ0) is 16.4. The van der Waals surface area contributed by atoms with Crippen LogP contribution < -0.4 is 11.5 Å². The van der Waals surface area contributed by atoms with Crippen molar-refractivity contribution in [3.63, 3.8) is 0 Å². The molecule has 0 aliphatic heterocycles. The van der Waals surface area contributed by atoms with Crippen LogP contribution in [0.3, 0.4) is 0 Å². The van der Waals surface area contributed by atoms with Crippen molar-refractivity contribution >= 4 is 28.6 Å². The number of nitrogen functional groups attached to an aromatic ring is 2. The normalized spacial score (nSPS) is 10.8. The molecule has 0 amide bonds. The van der Waals surface area contributed by atoms with Gasteiger partial charge in [0.05, 0.1) is 11.1 Å². The van der Waals surface area contributed by atoms with E-state index in [4.69, 9.17) is 16.6 Å². The average Bonchev–Trinajstić information content (AvgIpc) is 2.53. The Bertz CT molecular complexity index is 876. The lowest BCUT2D eigenvalue weighted by atomic mass is 10.0. The summed E-state index contributed by atoms with van der Waals surface area (Å²) in [6.45, 7) is 0. The highest BCUT2D eigenvalue weighted by atomic mass is 16.4. The maximum Gasteiger partial charge on any atom is 0.335 e. The number of carboxylic acids is 1. The molecule has 0 aliphatic carbocycles. The predicted octanol–water partition coefficient (Wildman–Crippen LogP) is 2.28. The number of anilines is 2. The number of benzene rings is 2. The second kappa shape index (κ2) is 5.92. The number of nitrogens with zero attached hydrogens (tertiary/aromatic N) is 2. The summed E-state index contributed by atoms with van der Waals surface area (Å²) in [5.74, 6) is -0.373. The molecule has 5 N–H and O–H groups in total. The standard InChI is InChI=1S/C17H16N4O2/c18-15-13-9-11(5-8-14(13)20-17(19)21-15)2-1-10-3-6-12(7-4-10)16(22)23/h3-9H,1-2H2,(H,22,23)(H4,18,19,20,21). The maximum atomic E-state index is 10.8. The summed E-state index contributed by atoms with van der Waals surface area (Å²) in [6.07, 6.45) is 1.62. The van der Waals surface area contributed by atoms with Crippen molar-refractivity contribution in [2.75, 3.05) is 11.5 Å².